The highest BCUT2D eigenvalue weighted by atomic mass is 16.2. The lowest BCUT2D eigenvalue weighted by molar-refractivity contribution is 0.299. The minimum atomic E-state index is 0. The molecule has 2 nitrogen and oxygen atoms in total. The summed E-state index contributed by atoms with van der Waals surface area (Å²) in [4.78, 5) is 3.85. The molecule has 1 heterocycles. The second-order valence-electron chi connectivity index (χ2n) is 1.83. The van der Waals surface area contributed by atoms with Crippen molar-refractivity contribution in [1.29, 1.82) is 0 Å². The van der Waals surface area contributed by atoms with Gasteiger partial charge in [0.05, 0.1) is 8.41 Å². The molecular weight excluding hydrogens is 125 g/mol. The van der Waals surface area contributed by atoms with E-state index in [1.807, 2.05) is 12.1 Å². The van der Waals surface area contributed by atoms with Crippen molar-refractivity contribution >= 4 is 8.41 Å². The van der Waals surface area contributed by atoms with E-state index < -0.39 is 0 Å². The third-order valence-corrected chi connectivity index (χ3v) is 1.15. The van der Waals surface area contributed by atoms with Gasteiger partial charge in [0, 0.05) is 19.0 Å². The minimum Gasteiger partial charge on any atom is -0.396 e. The van der Waals surface area contributed by atoms with E-state index in [9.17, 15) is 0 Å². The summed E-state index contributed by atoms with van der Waals surface area (Å²) in [6.07, 6.45) is 4.18. The van der Waals surface area contributed by atoms with E-state index in [4.69, 9.17) is 5.11 Å². The van der Waals surface area contributed by atoms with E-state index in [0.29, 0.717) is 0 Å². The van der Waals surface area contributed by atoms with Gasteiger partial charge < -0.3 is 5.11 Å². The first-order chi connectivity index (χ1) is 4.43. The van der Waals surface area contributed by atoms with Gasteiger partial charge in [0.2, 0.25) is 0 Å². The van der Waals surface area contributed by atoms with Crippen LogP contribution in [0.3, 0.4) is 0 Å². The zero-order valence-electron chi connectivity index (χ0n) is 5.12. The Labute approximate surface area is 62.5 Å². The number of aliphatic hydroxyl groups excluding tert-OH is 1. The summed E-state index contributed by atoms with van der Waals surface area (Å²) in [6.45, 7) is 0.212. The van der Waals surface area contributed by atoms with Crippen LogP contribution in [-0.4, -0.2) is 25.1 Å². The topological polar surface area (TPSA) is 33.1 Å². The summed E-state index contributed by atoms with van der Waals surface area (Å²) in [6, 6.07) is 3.80. The van der Waals surface area contributed by atoms with E-state index in [2.05, 4.69) is 4.98 Å². The molecule has 0 aromatic carbocycles. The summed E-state index contributed by atoms with van der Waals surface area (Å²) in [5, 5.41) is 8.50. The normalized spacial score (nSPS) is 8.50. The van der Waals surface area contributed by atoms with Gasteiger partial charge in [0.1, 0.15) is 0 Å². The number of pyridine rings is 1. The second kappa shape index (κ2) is 5.00. The van der Waals surface area contributed by atoms with Gasteiger partial charge in [-0.05, 0) is 24.1 Å². The zero-order chi connectivity index (χ0) is 6.53. The van der Waals surface area contributed by atoms with Crippen molar-refractivity contribution in [2.24, 2.45) is 0 Å². The Hall–Kier alpha value is -0.825. The minimum absolute atomic E-state index is 0. The molecule has 0 atom stereocenters. The predicted octanol–water partition coefficient (Wildman–Crippen LogP) is -0.568. The van der Waals surface area contributed by atoms with Crippen molar-refractivity contribution in [3.63, 3.8) is 0 Å². The van der Waals surface area contributed by atoms with Crippen molar-refractivity contribution in [3.8, 4) is 0 Å². The van der Waals surface area contributed by atoms with Crippen molar-refractivity contribution < 1.29 is 5.11 Å². The summed E-state index contributed by atoms with van der Waals surface area (Å²) < 4.78 is 0. The van der Waals surface area contributed by atoms with Crippen LogP contribution >= 0.6 is 0 Å². The molecule has 0 aliphatic carbocycles. The highest BCUT2D eigenvalue weighted by Gasteiger charge is 1.86. The molecule has 10 heavy (non-hydrogen) atoms. The maximum absolute atomic E-state index is 8.50. The van der Waals surface area contributed by atoms with Gasteiger partial charge >= 0.3 is 0 Å². The lowest BCUT2D eigenvalue weighted by atomic mass is 10.2. The lowest BCUT2D eigenvalue weighted by Gasteiger charge is -1.92. The van der Waals surface area contributed by atoms with E-state index in [0.717, 1.165) is 12.0 Å². The van der Waals surface area contributed by atoms with E-state index in [1.165, 1.54) is 0 Å². The van der Waals surface area contributed by atoms with Gasteiger partial charge in [-0.25, -0.2) is 0 Å². The summed E-state index contributed by atoms with van der Waals surface area (Å²) >= 11 is 0. The van der Waals surface area contributed by atoms with Crippen LogP contribution in [0, 0.1) is 0 Å². The Morgan fingerprint density at radius 3 is 2.40 bits per heavy atom. The van der Waals surface area contributed by atoms with E-state index >= 15 is 0 Å². The average Bonchev–Trinajstić information content (AvgIpc) is 1.91. The SMILES string of the molecule is B.OCCc1ccncc1. The molecule has 1 N–H and O–H groups in total. The maximum Gasteiger partial charge on any atom is 0.0814 e. The highest BCUT2D eigenvalue weighted by molar-refractivity contribution is 5.75. The molecule has 0 radical (unpaired) electrons. The quantitative estimate of drug-likeness (QED) is 0.554. The number of hydrogen-bond acceptors (Lipinski definition) is 2. The van der Waals surface area contributed by atoms with Crippen LogP contribution in [0.4, 0.5) is 0 Å². The Morgan fingerprint density at radius 1 is 1.30 bits per heavy atom. The molecule has 0 amide bonds. The Kier molecular flexibility index (Phi) is 4.59. The summed E-state index contributed by atoms with van der Waals surface area (Å²) in [7, 11) is 0. The van der Waals surface area contributed by atoms with Gasteiger partial charge in [-0.3, -0.25) is 4.98 Å². The number of aromatic nitrogens is 1. The fourth-order valence-electron chi connectivity index (χ4n) is 0.679. The van der Waals surface area contributed by atoms with Gasteiger partial charge in [-0.1, -0.05) is 0 Å². The molecule has 0 saturated heterocycles. The van der Waals surface area contributed by atoms with Crippen molar-refractivity contribution in [2.75, 3.05) is 6.61 Å². The van der Waals surface area contributed by atoms with Crippen molar-refractivity contribution in [1.82, 2.24) is 4.98 Å². The molecule has 0 aliphatic rings. The Morgan fingerprint density at radius 2 is 1.90 bits per heavy atom. The zero-order valence-corrected chi connectivity index (χ0v) is 5.12. The smallest absolute Gasteiger partial charge is 0.0814 e. The third kappa shape index (κ3) is 2.64. The predicted molar refractivity (Wildman–Crippen MR) is 45.0 cm³/mol. The second-order valence-corrected chi connectivity index (χ2v) is 1.83. The Bertz CT molecular complexity index is 167. The third-order valence-electron chi connectivity index (χ3n) is 1.15. The molecular formula is C7H12BNO. The van der Waals surface area contributed by atoms with Gasteiger partial charge in [0.15, 0.2) is 0 Å². The lowest BCUT2D eigenvalue weighted by Crippen LogP contribution is -1.89. The first-order valence-corrected chi connectivity index (χ1v) is 2.93. The first-order valence-electron chi connectivity index (χ1n) is 2.93. The van der Waals surface area contributed by atoms with Crippen LogP contribution in [0.1, 0.15) is 5.56 Å². The Balaban J connectivity index is 0.000000810. The monoisotopic (exact) mass is 137 g/mol. The molecule has 0 unspecified atom stereocenters. The van der Waals surface area contributed by atoms with Crippen molar-refractivity contribution in [3.05, 3.63) is 30.1 Å². The van der Waals surface area contributed by atoms with Gasteiger partial charge in [-0.2, -0.15) is 0 Å². The van der Waals surface area contributed by atoms with Crippen LogP contribution in [0.25, 0.3) is 0 Å². The first kappa shape index (κ1) is 9.17. The van der Waals surface area contributed by atoms with Crippen LogP contribution in [0.2, 0.25) is 0 Å². The number of nitrogens with zero attached hydrogens (tertiary/aromatic N) is 1. The van der Waals surface area contributed by atoms with Gasteiger partial charge in [0.25, 0.3) is 0 Å². The number of hydrogen-bond donors (Lipinski definition) is 1. The molecule has 0 aliphatic heterocycles. The van der Waals surface area contributed by atoms with Gasteiger partial charge in [-0.15, -0.1) is 0 Å². The molecule has 1 rings (SSSR count). The molecule has 0 saturated carbocycles. The number of aliphatic hydroxyl groups is 1. The molecule has 0 fully saturated rings. The van der Waals surface area contributed by atoms with Crippen molar-refractivity contribution in [2.45, 2.75) is 6.42 Å². The molecule has 1 aromatic rings. The van der Waals surface area contributed by atoms with Crippen LogP contribution in [0.15, 0.2) is 24.5 Å². The standard InChI is InChI=1S/C7H9NO.BH3/c9-6-3-7-1-4-8-5-2-7;/h1-2,4-5,9H,3,6H2;1H3. The largest absolute Gasteiger partial charge is 0.396 e. The van der Waals surface area contributed by atoms with E-state index in [1.54, 1.807) is 12.4 Å². The van der Waals surface area contributed by atoms with Crippen LogP contribution in [-0.2, 0) is 6.42 Å². The summed E-state index contributed by atoms with van der Waals surface area (Å²) in [5.74, 6) is 0. The molecule has 1 aromatic heterocycles. The molecule has 54 valence electrons. The average molecular weight is 137 g/mol. The highest BCUT2D eigenvalue weighted by Crippen LogP contribution is 1.94. The summed E-state index contributed by atoms with van der Waals surface area (Å²) in [5.41, 5.74) is 1.13. The van der Waals surface area contributed by atoms with Crippen LogP contribution < -0.4 is 0 Å². The molecule has 3 heteroatoms. The molecule has 0 bridgehead atoms. The number of rotatable bonds is 2. The fraction of sp³-hybridized carbons (Fsp3) is 0.286. The molecule has 0 spiro atoms. The van der Waals surface area contributed by atoms with Crippen LogP contribution in [0.5, 0.6) is 0 Å². The maximum atomic E-state index is 8.50. The van der Waals surface area contributed by atoms with E-state index in [-0.39, 0.29) is 15.0 Å². The fourth-order valence-corrected chi connectivity index (χ4v) is 0.679.